The summed E-state index contributed by atoms with van der Waals surface area (Å²) in [4.78, 5) is 12.4. The van der Waals surface area contributed by atoms with Crippen LogP contribution in [-0.2, 0) is 11.2 Å². The van der Waals surface area contributed by atoms with Crippen molar-refractivity contribution in [3.05, 3.63) is 81.9 Å². The summed E-state index contributed by atoms with van der Waals surface area (Å²) in [7, 11) is 0. The van der Waals surface area contributed by atoms with Crippen LogP contribution < -0.4 is 0 Å². The second-order valence-corrected chi connectivity index (χ2v) is 6.94. The van der Waals surface area contributed by atoms with E-state index in [4.69, 9.17) is 16.3 Å². The molecule has 4 nitrogen and oxygen atoms in total. The molecule has 0 saturated heterocycles. The Labute approximate surface area is 167 Å². The summed E-state index contributed by atoms with van der Waals surface area (Å²) in [6.45, 7) is 2.05. The smallest absolute Gasteiger partial charge is 0.359 e. The second kappa shape index (κ2) is 7.60. The van der Waals surface area contributed by atoms with E-state index in [1.165, 1.54) is 12.1 Å². The van der Waals surface area contributed by atoms with Crippen molar-refractivity contribution in [3.63, 3.8) is 0 Å². The number of allylic oxidation sites excluding steroid dienone is 1. The van der Waals surface area contributed by atoms with Crippen LogP contribution in [0.3, 0.4) is 0 Å². The SMILES string of the molecule is CCOC(=O)c1nn(-c2ccc(F)cc2)c2c1CC/C2=C\c1ccc(Cl)cc1. The van der Waals surface area contributed by atoms with Crippen molar-refractivity contribution in [3.8, 4) is 5.69 Å². The van der Waals surface area contributed by atoms with Gasteiger partial charge in [0.05, 0.1) is 18.0 Å². The van der Waals surface area contributed by atoms with Crippen LogP contribution in [0.15, 0.2) is 48.5 Å². The van der Waals surface area contributed by atoms with Crippen LogP contribution in [0.1, 0.15) is 40.7 Å². The van der Waals surface area contributed by atoms with Crippen molar-refractivity contribution in [1.82, 2.24) is 9.78 Å². The van der Waals surface area contributed by atoms with Crippen LogP contribution in [-0.4, -0.2) is 22.4 Å². The summed E-state index contributed by atoms with van der Waals surface area (Å²) in [6, 6.07) is 13.6. The van der Waals surface area contributed by atoms with Gasteiger partial charge in [-0.15, -0.1) is 0 Å². The summed E-state index contributed by atoms with van der Waals surface area (Å²) >= 11 is 5.98. The number of rotatable bonds is 4. The first-order chi connectivity index (χ1) is 13.6. The summed E-state index contributed by atoms with van der Waals surface area (Å²) < 4.78 is 20.3. The predicted molar refractivity (Wildman–Crippen MR) is 107 cm³/mol. The Hall–Kier alpha value is -2.92. The molecule has 0 atom stereocenters. The topological polar surface area (TPSA) is 44.1 Å². The molecule has 4 rings (SSSR count). The molecule has 0 unspecified atom stereocenters. The predicted octanol–water partition coefficient (Wildman–Crippen LogP) is 5.33. The number of fused-ring (bicyclic) bond motifs is 1. The van der Waals surface area contributed by atoms with Crippen molar-refractivity contribution >= 4 is 29.2 Å². The van der Waals surface area contributed by atoms with E-state index in [1.54, 1.807) is 23.7 Å². The number of hydrogen-bond acceptors (Lipinski definition) is 3. The van der Waals surface area contributed by atoms with Crippen LogP contribution in [0, 0.1) is 5.82 Å². The van der Waals surface area contributed by atoms with Gasteiger partial charge in [0.2, 0.25) is 0 Å². The third-order valence-corrected chi connectivity index (χ3v) is 4.93. The lowest BCUT2D eigenvalue weighted by molar-refractivity contribution is 0.0517. The number of halogens is 2. The highest BCUT2D eigenvalue weighted by Crippen LogP contribution is 2.37. The molecule has 1 aliphatic carbocycles. The van der Waals surface area contributed by atoms with E-state index >= 15 is 0 Å². The average molecular weight is 397 g/mol. The number of hydrogen-bond donors (Lipinski definition) is 0. The molecule has 6 heteroatoms. The average Bonchev–Trinajstić information content (AvgIpc) is 3.26. The number of carbonyl (C=O) groups is 1. The van der Waals surface area contributed by atoms with Crippen molar-refractivity contribution in [1.29, 1.82) is 0 Å². The van der Waals surface area contributed by atoms with Gasteiger partial charge in [0.15, 0.2) is 5.69 Å². The van der Waals surface area contributed by atoms with Gasteiger partial charge in [-0.3, -0.25) is 0 Å². The molecule has 0 bridgehead atoms. The molecule has 1 heterocycles. The Morgan fingerprint density at radius 1 is 1.18 bits per heavy atom. The largest absolute Gasteiger partial charge is 0.461 e. The quantitative estimate of drug-likeness (QED) is 0.560. The number of aromatic nitrogens is 2. The van der Waals surface area contributed by atoms with Crippen molar-refractivity contribution in [2.75, 3.05) is 6.61 Å². The molecule has 0 amide bonds. The zero-order chi connectivity index (χ0) is 19.7. The number of benzene rings is 2. The van der Waals surface area contributed by atoms with Crippen molar-refractivity contribution < 1.29 is 13.9 Å². The van der Waals surface area contributed by atoms with E-state index in [0.717, 1.165) is 28.8 Å². The minimum atomic E-state index is -0.438. The molecule has 0 spiro atoms. The molecule has 1 aromatic heterocycles. The molecule has 1 aliphatic rings. The molecule has 3 aromatic rings. The molecular weight excluding hydrogens is 379 g/mol. The molecule has 0 aliphatic heterocycles. The first-order valence-electron chi connectivity index (χ1n) is 9.08. The van der Waals surface area contributed by atoms with Gasteiger partial charge in [0.25, 0.3) is 0 Å². The highest BCUT2D eigenvalue weighted by atomic mass is 35.5. The fourth-order valence-electron chi connectivity index (χ4n) is 3.43. The van der Waals surface area contributed by atoms with Gasteiger partial charge in [-0.05, 0) is 73.4 Å². The third kappa shape index (κ3) is 3.45. The standard InChI is InChI=1S/C22H18ClFN2O2/c1-2-28-22(27)20-19-12-5-15(13-14-3-6-16(23)7-4-14)21(19)26(25-20)18-10-8-17(24)9-11-18/h3-4,6-11,13H,2,5,12H2,1H3/b15-13+. The molecular formula is C22H18ClFN2O2. The Morgan fingerprint density at radius 3 is 2.57 bits per heavy atom. The normalized spacial score (nSPS) is 14.3. The number of esters is 1. The van der Waals surface area contributed by atoms with Crippen LogP contribution in [0.4, 0.5) is 4.39 Å². The highest BCUT2D eigenvalue weighted by Gasteiger charge is 2.30. The van der Waals surface area contributed by atoms with Gasteiger partial charge in [-0.1, -0.05) is 23.7 Å². The molecule has 0 saturated carbocycles. The zero-order valence-corrected chi connectivity index (χ0v) is 16.0. The minimum absolute atomic E-state index is 0.282. The molecule has 2 aromatic carbocycles. The maximum absolute atomic E-state index is 13.4. The number of ether oxygens (including phenoxy) is 1. The van der Waals surface area contributed by atoms with E-state index in [0.29, 0.717) is 22.8 Å². The van der Waals surface area contributed by atoms with Gasteiger partial charge >= 0.3 is 5.97 Å². The van der Waals surface area contributed by atoms with Gasteiger partial charge in [-0.2, -0.15) is 5.10 Å². The summed E-state index contributed by atoms with van der Waals surface area (Å²) in [5.41, 5.74) is 4.81. The number of carbonyl (C=O) groups excluding carboxylic acids is 1. The van der Waals surface area contributed by atoms with E-state index in [-0.39, 0.29) is 12.4 Å². The molecule has 0 radical (unpaired) electrons. The van der Waals surface area contributed by atoms with Crippen LogP contribution in [0.25, 0.3) is 17.3 Å². The molecule has 0 fully saturated rings. The lowest BCUT2D eigenvalue weighted by Gasteiger charge is -2.08. The molecule has 28 heavy (non-hydrogen) atoms. The maximum atomic E-state index is 13.4. The van der Waals surface area contributed by atoms with E-state index in [1.807, 2.05) is 24.3 Å². The lowest BCUT2D eigenvalue weighted by atomic mass is 10.1. The first kappa shape index (κ1) is 18.4. The zero-order valence-electron chi connectivity index (χ0n) is 15.3. The van der Waals surface area contributed by atoms with Crippen LogP contribution in [0.2, 0.25) is 5.02 Å². The Kier molecular flexibility index (Phi) is 5.01. The van der Waals surface area contributed by atoms with Crippen LogP contribution in [0.5, 0.6) is 0 Å². The van der Waals surface area contributed by atoms with Crippen LogP contribution >= 0.6 is 11.6 Å². The Bertz CT molecular complexity index is 1050. The van der Waals surface area contributed by atoms with E-state index in [2.05, 4.69) is 11.2 Å². The minimum Gasteiger partial charge on any atom is -0.461 e. The second-order valence-electron chi connectivity index (χ2n) is 6.51. The molecule has 142 valence electrons. The Morgan fingerprint density at radius 2 is 1.89 bits per heavy atom. The Balaban J connectivity index is 1.85. The van der Waals surface area contributed by atoms with Gasteiger partial charge < -0.3 is 4.74 Å². The highest BCUT2D eigenvalue weighted by molar-refractivity contribution is 6.30. The number of nitrogens with zero attached hydrogens (tertiary/aromatic N) is 2. The molecule has 0 N–H and O–H groups in total. The van der Waals surface area contributed by atoms with Crippen molar-refractivity contribution in [2.24, 2.45) is 0 Å². The van der Waals surface area contributed by atoms with Gasteiger partial charge in [-0.25, -0.2) is 13.9 Å². The maximum Gasteiger partial charge on any atom is 0.359 e. The first-order valence-corrected chi connectivity index (χ1v) is 9.46. The van der Waals surface area contributed by atoms with E-state index < -0.39 is 5.97 Å². The monoisotopic (exact) mass is 396 g/mol. The van der Waals surface area contributed by atoms with Gasteiger partial charge in [0, 0.05) is 10.6 Å². The third-order valence-electron chi connectivity index (χ3n) is 4.68. The fourth-order valence-corrected chi connectivity index (χ4v) is 3.55. The lowest BCUT2D eigenvalue weighted by Crippen LogP contribution is -2.09. The fraction of sp³-hybridized carbons (Fsp3) is 0.182. The van der Waals surface area contributed by atoms with E-state index in [9.17, 15) is 9.18 Å². The summed E-state index contributed by atoms with van der Waals surface area (Å²) in [5.74, 6) is -0.762. The summed E-state index contributed by atoms with van der Waals surface area (Å²) in [6.07, 6.45) is 3.55. The summed E-state index contributed by atoms with van der Waals surface area (Å²) in [5, 5.41) is 5.19. The van der Waals surface area contributed by atoms with Gasteiger partial charge in [0.1, 0.15) is 5.82 Å². The van der Waals surface area contributed by atoms with Crippen molar-refractivity contribution in [2.45, 2.75) is 19.8 Å².